The monoisotopic (exact) mass is 461 g/mol. The van der Waals surface area contributed by atoms with Crippen LogP contribution in [0.3, 0.4) is 0 Å². The molecule has 0 fully saturated rings. The van der Waals surface area contributed by atoms with Gasteiger partial charge in [-0.15, -0.1) is 0 Å². The van der Waals surface area contributed by atoms with Crippen LogP contribution >= 0.6 is 0 Å². The van der Waals surface area contributed by atoms with Crippen LogP contribution in [0, 0.1) is 0 Å². The van der Waals surface area contributed by atoms with E-state index >= 15 is 0 Å². The number of nitrogens with one attached hydrogen (secondary N) is 1. The molecular formula is C26H31N5O3. The Morgan fingerprint density at radius 2 is 1.85 bits per heavy atom. The van der Waals surface area contributed by atoms with Crippen LogP contribution in [0.15, 0.2) is 60.8 Å². The molecule has 4 rings (SSSR count). The van der Waals surface area contributed by atoms with Crippen molar-refractivity contribution in [3.05, 3.63) is 77.5 Å². The van der Waals surface area contributed by atoms with Crippen molar-refractivity contribution < 1.29 is 14.3 Å². The van der Waals surface area contributed by atoms with Crippen molar-refractivity contribution >= 4 is 11.7 Å². The molecule has 1 aliphatic rings. The number of hydrogen-bond acceptors (Lipinski definition) is 7. The molecule has 0 aliphatic carbocycles. The molecule has 0 saturated heterocycles. The van der Waals surface area contributed by atoms with Gasteiger partial charge >= 0.3 is 6.01 Å². The number of ether oxygens (including phenoxy) is 2. The van der Waals surface area contributed by atoms with E-state index in [1.54, 1.807) is 6.20 Å². The van der Waals surface area contributed by atoms with E-state index in [1.807, 2.05) is 66.4 Å². The summed E-state index contributed by atoms with van der Waals surface area (Å²) < 4.78 is 11.4. The van der Waals surface area contributed by atoms with Gasteiger partial charge in [-0.3, -0.25) is 4.79 Å². The van der Waals surface area contributed by atoms with Gasteiger partial charge in [-0.1, -0.05) is 42.5 Å². The third-order valence-corrected chi connectivity index (χ3v) is 5.92. The summed E-state index contributed by atoms with van der Waals surface area (Å²) >= 11 is 0. The fourth-order valence-corrected chi connectivity index (χ4v) is 3.99. The predicted molar refractivity (Wildman–Crippen MR) is 131 cm³/mol. The molecule has 34 heavy (non-hydrogen) atoms. The fraction of sp³-hybridized carbons (Fsp3) is 0.346. The van der Waals surface area contributed by atoms with E-state index in [-0.39, 0.29) is 18.0 Å². The van der Waals surface area contributed by atoms with Gasteiger partial charge in [0, 0.05) is 39.3 Å². The lowest BCUT2D eigenvalue weighted by atomic mass is 10.1. The molecule has 1 atom stereocenters. The molecule has 1 aliphatic heterocycles. The minimum Gasteiger partial charge on any atom is -0.486 e. The first-order valence-electron chi connectivity index (χ1n) is 11.5. The number of methoxy groups -OCH3 is 1. The summed E-state index contributed by atoms with van der Waals surface area (Å²) in [6.07, 6.45) is 2.38. The van der Waals surface area contributed by atoms with Gasteiger partial charge in [-0.2, -0.15) is 4.98 Å². The Labute approximate surface area is 200 Å². The predicted octanol–water partition coefficient (Wildman–Crippen LogP) is 3.31. The first-order valence-corrected chi connectivity index (χ1v) is 11.5. The molecule has 178 valence electrons. The number of amides is 1. The van der Waals surface area contributed by atoms with Gasteiger partial charge in [-0.05, 0) is 36.9 Å². The topological polar surface area (TPSA) is 79.8 Å². The van der Waals surface area contributed by atoms with Crippen LogP contribution in [0.4, 0.5) is 5.82 Å². The molecule has 1 amide bonds. The van der Waals surface area contributed by atoms with Crippen molar-refractivity contribution in [3.63, 3.8) is 0 Å². The highest BCUT2D eigenvalue weighted by Gasteiger charge is 2.27. The van der Waals surface area contributed by atoms with Gasteiger partial charge in [0.2, 0.25) is 0 Å². The van der Waals surface area contributed by atoms with E-state index in [0.717, 1.165) is 29.8 Å². The Bertz CT molecular complexity index is 1090. The Kier molecular flexibility index (Phi) is 7.59. The first kappa shape index (κ1) is 23.5. The molecule has 1 aromatic heterocycles. The number of likely N-dealkylation sites (N-methyl/N-ethyl adjacent to an activating group) is 1. The zero-order valence-corrected chi connectivity index (χ0v) is 19.9. The smallest absolute Gasteiger partial charge is 0.318 e. The minimum absolute atomic E-state index is 0.0317. The Morgan fingerprint density at radius 3 is 2.56 bits per heavy atom. The lowest BCUT2D eigenvalue weighted by Gasteiger charge is -2.22. The highest BCUT2D eigenvalue weighted by molar-refractivity contribution is 5.99. The average Bonchev–Trinajstić information content (AvgIpc) is 2.99. The van der Waals surface area contributed by atoms with Crippen LogP contribution in [0.2, 0.25) is 0 Å². The second kappa shape index (κ2) is 11.0. The van der Waals surface area contributed by atoms with Gasteiger partial charge < -0.3 is 24.6 Å². The number of rotatable bonds is 9. The van der Waals surface area contributed by atoms with Gasteiger partial charge in [0.25, 0.3) is 5.91 Å². The first-order chi connectivity index (χ1) is 16.6. The molecule has 1 unspecified atom stereocenters. The molecule has 0 radical (unpaired) electrons. The lowest BCUT2D eigenvalue weighted by Crippen LogP contribution is -2.33. The maximum Gasteiger partial charge on any atom is 0.318 e. The number of fused-ring (bicyclic) bond motifs is 1. The van der Waals surface area contributed by atoms with Crippen molar-refractivity contribution in [1.82, 2.24) is 20.2 Å². The van der Waals surface area contributed by atoms with E-state index in [0.29, 0.717) is 31.0 Å². The number of nitrogens with zero attached hydrogens (tertiary/aromatic N) is 4. The summed E-state index contributed by atoms with van der Waals surface area (Å²) in [5, 5.41) is 3.20. The summed E-state index contributed by atoms with van der Waals surface area (Å²) in [6.45, 7) is 2.62. The number of anilines is 1. The van der Waals surface area contributed by atoms with Crippen molar-refractivity contribution in [3.8, 4) is 11.8 Å². The fourth-order valence-electron chi connectivity index (χ4n) is 3.99. The van der Waals surface area contributed by atoms with Crippen LogP contribution in [-0.4, -0.2) is 61.6 Å². The van der Waals surface area contributed by atoms with Gasteiger partial charge in [-0.25, -0.2) is 4.98 Å². The SMILES string of the molecule is CNCCC(Oc1ccc(CN2CCN(C)c3nc(OC)ncc3C2=O)cc1)c1ccccc1. The molecule has 0 saturated carbocycles. The molecule has 2 heterocycles. The zero-order valence-electron chi connectivity index (χ0n) is 19.9. The van der Waals surface area contributed by atoms with Crippen molar-refractivity contribution in [2.24, 2.45) is 0 Å². The Balaban J connectivity index is 1.46. The van der Waals surface area contributed by atoms with Gasteiger partial charge in [0.05, 0.1) is 7.11 Å². The summed E-state index contributed by atoms with van der Waals surface area (Å²) in [4.78, 5) is 25.5. The van der Waals surface area contributed by atoms with E-state index < -0.39 is 0 Å². The number of benzene rings is 2. The third kappa shape index (κ3) is 5.46. The number of carbonyl (C=O) groups is 1. The van der Waals surface area contributed by atoms with Crippen LogP contribution in [0.25, 0.3) is 0 Å². The quantitative estimate of drug-likeness (QED) is 0.524. The second-order valence-corrected chi connectivity index (χ2v) is 8.30. The molecule has 1 N–H and O–H groups in total. The van der Waals surface area contributed by atoms with Crippen molar-refractivity contribution in [2.75, 3.05) is 45.7 Å². The third-order valence-electron chi connectivity index (χ3n) is 5.92. The highest BCUT2D eigenvalue weighted by atomic mass is 16.5. The highest BCUT2D eigenvalue weighted by Crippen LogP contribution is 2.27. The van der Waals surface area contributed by atoms with Crippen LogP contribution in [0.5, 0.6) is 11.8 Å². The van der Waals surface area contributed by atoms with Crippen molar-refractivity contribution in [1.29, 1.82) is 0 Å². The van der Waals surface area contributed by atoms with Crippen LogP contribution < -0.4 is 19.7 Å². The van der Waals surface area contributed by atoms with E-state index in [2.05, 4.69) is 27.4 Å². The summed E-state index contributed by atoms with van der Waals surface area (Å²) in [5.41, 5.74) is 2.67. The Morgan fingerprint density at radius 1 is 1.09 bits per heavy atom. The number of carbonyl (C=O) groups excluding carboxylic acids is 1. The number of aromatic nitrogens is 2. The molecule has 0 spiro atoms. The Hall–Kier alpha value is -3.65. The maximum absolute atomic E-state index is 13.2. The van der Waals surface area contributed by atoms with Gasteiger partial charge in [0.1, 0.15) is 23.2 Å². The molecule has 8 heteroatoms. The van der Waals surface area contributed by atoms with E-state index in [4.69, 9.17) is 9.47 Å². The van der Waals surface area contributed by atoms with Crippen molar-refractivity contribution in [2.45, 2.75) is 19.1 Å². The molecule has 0 bridgehead atoms. The van der Waals surface area contributed by atoms with E-state index in [9.17, 15) is 4.79 Å². The summed E-state index contributed by atoms with van der Waals surface area (Å²) in [6, 6.07) is 18.5. The summed E-state index contributed by atoms with van der Waals surface area (Å²) in [5.74, 6) is 1.32. The molecule has 2 aromatic carbocycles. The zero-order chi connectivity index (χ0) is 23.9. The average molecular weight is 462 g/mol. The number of hydrogen-bond donors (Lipinski definition) is 1. The van der Waals surface area contributed by atoms with Gasteiger partial charge in [0.15, 0.2) is 0 Å². The van der Waals surface area contributed by atoms with Crippen LogP contribution in [0.1, 0.15) is 34.0 Å². The van der Waals surface area contributed by atoms with Crippen LogP contribution in [-0.2, 0) is 6.54 Å². The largest absolute Gasteiger partial charge is 0.486 e. The van der Waals surface area contributed by atoms with E-state index in [1.165, 1.54) is 7.11 Å². The standard InChI is InChI=1S/C26H31N5O3/c1-27-14-13-23(20-7-5-4-6-8-20)34-21-11-9-19(10-12-21)18-31-16-15-30(2)24-22(25(31)32)17-28-26(29-24)33-3/h4-12,17,23,27H,13-16,18H2,1-3H3. The second-order valence-electron chi connectivity index (χ2n) is 8.30. The molecule has 8 nitrogen and oxygen atoms in total. The summed E-state index contributed by atoms with van der Waals surface area (Å²) in [7, 11) is 5.38. The minimum atomic E-state index is -0.0847. The lowest BCUT2D eigenvalue weighted by molar-refractivity contribution is 0.0754. The normalized spacial score (nSPS) is 14.4. The molecular weight excluding hydrogens is 430 g/mol. The maximum atomic E-state index is 13.2. The molecule has 3 aromatic rings.